The van der Waals surface area contributed by atoms with Crippen molar-refractivity contribution in [3.63, 3.8) is 0 Å². The smallest absolute Gasteiger partial charge is 0.270 e. The standard InChI is InChI=1S/C22H15Cl2N3O4S2/c1-30-18-9-12(2-7-17(18)31-11-15-10-25-21(24)33-15)8-16-19(28)26-22(32)27(20(16)29)14-5-3-13(23)4-6-14/h2-10H,11H2,1H3,(H,26,28,32). The highest BCUT2D eigenvalue weighted by atomic mass is 35.5. The molecule has 4 rings (SSSR count). The summed E-state index contributed by atoms with van der Waals surface area (Å²) >= 11 is 18.3. The average Bonchev–Trinajstić information content (AvgIpc) is 3.21. The summed E-state index contributed by atoms with van der Waals surface area (Å²) in [5.41, 5.74) is 0.987. The van der Waals surface area contributed by atoms with Crippen LogP contribution in [-0.2, 0) is 16.2 Å². The summed E-state index contributed by atoms with van der Waals surface area (Å²) in [5.74, 6) is -0.203. The third-order valence-corrected chi connectivity index (χ3v) is 6.21. The second kappa shape index (κ2) is 9.88. The fraction of sp³-hybridized carbons (Fsp3) is 0.0909. The Labute approximate surface area is 208 Å². The van der Waals surface area contributed by atoms with Crippen molar-refractivity contribution in [2.24, 2.45) is 0 Å². The van der Waals surface area contributed by atoms with Gasteiger partial charge in [-0.05, 0) is 60.3 Å². The first kappa shape index (κ1) is 23.2. The second-order valence-corrected chi connectivity index (χ2v) is 9.23. The largest absolute Gasteiger partial charge is 0.493 e. The maximum absolute atomic E-state index is 13.1. The van der Waals surface area contributed by atoms with Gasteiger partial charge in [-0.15, -0.1) is 11.3 Å². The summed E-state index contributed by atoms with van der Waals surface area (Å²) in [5, 5.41) is 3.06. The van der Waals surface area contributed by atoms with E-state index in [2.05, 4.69) is 10.3 Å². The number of benzene rings is 2. The third-order valence-electron chi connectivity index (χ3n) is 4.58. The number of thiocarbonyl (C=S) groups is 1. The topological polar surface area (TPSA) is 80.8 Å². The number of amides is 2. The molecule has 7 nitrogen and oxygen atoms in total. The van der Waals surface area contributed by atoms with Gasteiger partial charge in [-0.25, -0.2) is 4.98 Å². The number of nitrogens with zero attached hydrogens (tertiary/aromatic N) is 2. The average molecular weight is 520 g/mol. The lowest BCUT2D eigenvalue weighted by Crippen LogP contribution is -2.54. The van der Waals surface area contributed by atoms with Crippen LogP contribution in [0.4, 0.5) is 5.69 Å². The number of aromatic nitrogens is 1. The highest BCUT2D eigenvalue weighted by Gasteiger charge is 2.34. The van der Waals surface area contributed by atoms with Crippen LogP contribution >= 0.6 is 46.8 Å². The number of carbonyl (C=O) groups is 2. The summed E-state index contributed by atoms with van der Waals surface area (Å²) in [6.07, 6.45) is 3.11. The highest BCUT2D eigenvalue weighted by Crippen LogP contribution is 2.31. The summed E-state index contributed by atoms with van der Waals surface area (Å²) in [4.78, 5) is 31.7. The maximum Gasteiger partial charge on any atom is 0.270 e. The molecular formula is C22H15Cl2N3O4S2. The summed E-state index contributed by atoms with van der Waals surface area (Å²) < 4.78 is 11.7. The van der Waals surface area contributed by atoms with Crippen molar-refractivity contribution >= 4 is 75.4 Å². The molecule has 1 aliphatic rings. The number of hydrogen-bond acceptors (Lipinski definition) is 7. The number of carbonyl (C=O) groups excluding carboxylic acids is 2. The lowest BCUT2D eigenvalue weighted by molar-refractivity contribution is -0.122. The van der Waals surface area contributed by atoms with Crippen molar-refractivity contribution in [2.45, 2.75) is 6.61 Å². The van der Waals surface area contributed by atoms with E-state index in [-0.39, 0.29) is 17.3 Å². The first-order valence-electron chi connectivity index (χ1n) is 9.44. The minimum atomic E-state index is -0.586. The van der Waals surface area contributed by atoms with E-state index in [4.69, 9.17) is 44.9 Å². The molecule has 0 radical (unpaired) electrons. The van der Waals surface area contributed by atoms with Gasteiger partial charge in [-0.1, -0.05) is 29.3 Å². The number of halogens is 2. The molecule has 1 fully saturated rings. The summed E-state index contributed by atoms with van der Waals surface area (Å²) in [7, 11) is 1.50. The molecule has 2 heterocycles. The van der Waals surface area contributed by atoms with E-state index >= 15 is 0 Å². The van der Waals surface area contributed by atoms with Gasteiger partial charge in [0.1, 0.15) is 12.2 Å². The van der Waals surface area contributed by atoms with E-state index < -0.39 is 11.8 Å². The number of nitrogens with one attached hydrogen (secondary N) is 1. The summed E-state index contributed by atoms with van der Waals surface area (Å²) in [6, 6.07) is 11.6. The molecule has 11 heteroatoms. The first-order valence-corrected chi connectivity index (χ1v) is 11.4. The van der Waals surface area contributed by atoms with Crippen LogP contribution in [0.1, 0.15) is 10.4 Å². The predicted octanol–water partition coefficient (Wildman–Crippen LogP) is 4.87. The zero-order valence-electron chi connectivity index (χ0n) is 17.0. The first-order chi connectivity index (χ1) is 15.9. The van der Waals surface area contributed by atoms with Gasteiger partial charge in [0.15, 0.2) is 21.1 Å². The summed E-state index contributed by atoms with van der Waals surface area (Å²) in [6.45, 7) is 0.273. The van der Waals surface area contributed by atoms with Crippen molar-refractivity contribution in [3.05, 3.63) is 74.2 Å². The van der Waals surface area contributed by atoms with Gasteiger partial charge in [0.2, 0.25) is 0 Å². The van der Waals surface area contributed by atoms with Crippen LogP contribution in [0.25, 0.3) is 6.08 Å². The number of hydrogen-bond donors (Lipinski definition) is 1. The minimum absolute atomic E-state index is 0.00558. The van der Waals surface area contributed by atoms with E-state index in [9.17, 15) is 9.59 Å². The number of methoxy groups -OCH3 is 1. The SMILES string of the molecule is COc1cc(C=C2C(=O)NC(=S)N(c3ccc(Cl)cc3)C2=O)ccc1OCc1cnc(Cl)s1. The minimum Gasteiger partial charge on any atom is -0.493 e. The Bertz CT molecular complexity index is 1270. The van der Waals surface area contributed by atoms with E-state index in [1.165, 1.54) is 29.4 Å². The zero-order valence-corrected chi connectivity index (χ0v) is 20.1. The Kier molecular flexibility index (Phi) is 6.94. The normalized spacial score (nSPS) is 15.1. The molecule has 3 aromatic rings. The quantitative estimate of drug-likeness (QED) is 0.284. The molecule has 0 aliphatic carbocycles. The molecule has 168 valence electrons. The second-order valence-electron chi connectivity index (χ2n) is 6.71. The number of ether oxygens (including phenoxy) is 2. The number of rotatable bonds is 6. The van der Waals surface area contributed by atoms with Gasteiger partial charge >= 0.3 is 0 Å². The third kappa shape index (κ3) is 5.17. The molecule has 1 aliphatic heterocycles. The van der Waals surface area contributed by atoms with E-state index in [1.54, 1.807) is 48.7 Å². The molecule has 0 unspecified atom stereocenters. The van der Waals surface area contributed by atoms with Gasteiger partial charge in [-0.2, -0.15) is 0 Å². The van der Waals surface area contributed by atoms with Crippen LogP contribution < -0.4 is 19.7 Å². The van der Waals surface area contributed by atoms with E-state index in [1.807, 2.05) is 0 Å². The van der Waals surface area contributed by atoms with Crippen LogP contribution in [0, 0.1) is 0 Å². The highest BCUT2D eigenvalue weighted by molar-refractivity contribution is 7.80. The monoisotopic (exact) mass is 519 g/mol. The molecule has 1 aromatic heterocycles. The molecule has 0 saturated carbocycles. The fourth-order valence-electron chi connectivity index (χ4n) is 3.04. The molecular weight excluding hydrogens is 505 g/mol. The Morgan fingerprint density at radius 1 is 1.15 bits per heavy atom. The lowest BCUT2D eigenvalue weighted by atomic mass is 10.1. The number of thiazole rings is 1. The molecule has 1 N–H and O–H groups in total. The van der Waals surface area contributed by atoms with Crippen LogP contribution in [0.2, 0.25) is 9.49 Å². The van der Waals surface area contributed by atoms with Crippen molar-refractivity contribution in [2.75, 3.05) is 12.0 Å². The molecule has 33 heavy (non-hydrogen) atoms. The van der Waals surface area contributed by atoms with Gasteiger partial charge in [0, 0.05) is 11.2 Å². The van der Waals surface area contributed by atoms with Crippen LogP contribution in [0.3, 0.4) is 0 Å². The molecule has 1 saturated heterocycles. The molecule has 2 aromatic carbocycles. The van der Waals surface area contributed by atoms with Gasteiger partial charge in [0.05, 0.1) is 17.7 Å². The molecule has 0 atom stereocenters. The Morgan fingerprint density at radius 2 is 1.91 bits per heavy atom. The van der Waals surface area contributed by atoms with Gasteiger partial charge in [-0.3, -0.25) is 19.8 Å². The molecule has 2 amide bonds. The van der Waals surface area contributed by atoms with E-state index in [0.717, 1.165) is 4.88 Å². The van der Waals surface area contributed by atoms with Crippen molar-refractivity contribution in [3.8, 4) is 11.5 Å². The number of anilines is 1. The lowest BCUT2D eigenvalue weighted by Gasteiger charge is -2.29. The Balaban J connectivity index is 1.59. The predicted molar refractivity (Wildman–Crippen MR) is 132 cm³/mol. The van der Waals surface area contributed by atoms with Gasteiger partial charge in [0.25, 0.3) is 11.8 Å². The van der Waals surface area contributed by atoms with Crippen LogP contribution in [-0.4, -0.2) is 29.0 Å². The Morgan fingerprint density at radius 3 is 2.58 bits per heavy atom. The zero-order chi connectivity index (χ0) is 23.5. The molecule has 0 spiro atoms. The van der Waals surface area contributed by atoms with Gasteiger partial charge < -0.3 is 9.47 Å². The van der Waals surface area contributed by atoms with Crippen LogP contribution in [0.15, 0.2) is 54.2 Å². The maximum atomic E-state index is 13.1. The van der Waals surface area contributed by atoms with Crippen molar-refractivity contribution in [1.82, 2.24) is 10.3 Å². The van der Waals surface area contributed by atoms with Crippen molar-refractivity contribution in [1.29, 1.82) is 0 Å². The van der Waals surface area contributed by atoms with Crippen molar-refractivity contribution < 1.29 is 19.1 Å². The van der Waals surface area contributed by atoms with Crippen LogP contribution in [0.5, 0.6) is 11.5 Å². The molecule has 0 bridgehead atoms. The van der Waals surface area contributed by atoms with E-state index in [0.29, 0.717) is 32.2 Å². The fourth-order valence-corrected chi connectivity index (χ4v) is 4.34. The Hall–Kier alpha value is -2.98.